The van der Waals surface area contributed by atoms with Crippen molar-refractivity contribution in [3.8, 4) is 11.4 Å². The summed E-state index contributed by atoms with van der Waals surface area (Å²) in [7, 11) is 0. The van der Waals surface area contributed by atoms with Gasteiger partial charge in [0, 0.05) is 37.5 Å². The first-order valence-electron chi connectivity index (χ1n) is 10.3. The summed E-state index contributed by atoms with van der Waals surface area (Å²) in [6, 6.07) is 6.55. The maximum atomic E-state index is 13.0. The van der Waals surface area contributed by atoms with Gasteiger partial charge in [-0.25, -0.2) is 4.39 Å². The zero-order valence-electron chi connectivity index (χ0n) is 16.7. The van der Waals surface area contributed by atoms with Crippen molar-refractivity contribution in [2.24, 2.45) is 0 Å². The molecule has 1 aliphatic carbocycles. The van der Waals surface area contributed by atoms with Crippen molar-refractivity contribution in [1.82, 2.24) is 20.8 Å². The van der Waals surface area contributed by atoms with Gasteiger partial charge in [-0.1, -0.05) is 30.8 Å². The molecule has 0 bridgehead atoms. The maximum absolute atomic E-state index is 13.0. The first-order valence-corrected chi connectivity index (χ1v) is 10.3. The van der Waals surface area contributed by atoms with E-state index in [9.17, 15) is 9.18 Å². The van der Waals surface area contributed by atoms with E-state index in [4.69, 9.17) is 4.52 Å². The lowest BCUT2D eigenvalue weighted by molar-refractivity contribution is -0.121. The van der Waals surface area contributed by atoms with Crippen LogP contribution in [0.2, 0.25) is 0 Å². The number of nitrogens with zero attached hydrogens (tertiary/aromatic N) is 2. The number of aromatic nitrogens is 2. The summed E-state index contributed by atoms with van der Waals surface area (Å²) < 4.78 is 18.2. The molecule has 0 atom stereocenters. The second-order valence-corrected chi connectivity index (χ2v) is 7.36. The van der Waals surface area contributed by atoms with Crippen molar-refractivity contribution >= 4 is 18.3 Å². The van der Waals surface area contributed by atoms with E-state index in [0.29, 0.717) is 49.1 Å². The Hall–Kier alpha value is -1.99. The van der Waals surface area contributed by atoms with E-state index in [1.165, 1.54) is 50.7 Å². The Morgan fingerprint density at radius 2 is 1.83 bits per heavy atom. The third-order valence-electron chi connectivity index (χ3n) is 5.10. The summed E-state index contributed by atoms with van der Waals surface area (Å²) in [5, 5.41) is 10.4. The quantitative estimate of drug-likeness (QED) is 0.469. The van der Waals surface area contributed by atoms with Crippen LogP contribution in [-0.4, -0.2) is 35.2 Å². The summed E-state index contributed by atoms with van der Waals surface area (Å²) in [5.74, 6) is 0.662. The molecule has 29 heavy (non-hydrogen) atoms. The molecule has 6 nitrogen and oxygen atoms in total. The maximum Gasteiger partial charge on any atom is 0.226 e. The predicted molar refractivity (Wildman–Crippen MR) is 112 cm³/mol. The highest BCUT2D eigenvalue weighted by molar-refractivity contribution is 5.85. The second-order valence-electron chi connectivity index (χ2n) is 7.36. The van der Waals surface area contributed by atoms with Gasteiger partial charge >= 0.3 is 0 Å². The normalized spacial score (nSPS) is 14.8. The monoisotopic (exact) mass is 424 g/mol. The Labute approximate surface area is 177 Å². The summed E-state index contributed by atoms with van der Waals surface area (Å²) in [5.41, 5.74) is 0.704. The zero-order valence-corrected chi connectivity index (χ0v) is 17.5. The molecule has 3 rings (SSSR count). The number of halogens is 2. The standard InChI is InChI=1S/C21H29FN4O2.ClH/c22-17-12-10-16(11-13-17)21-25-20(28-26-21)9-5-8-19(27)24-15-14-23-18-6-3-1-2-4-7-18;/h10-13,18,23H,1-9,14-15H2,(H,24,27);1H. The number of carbonyl (C=O) groups excluding carboxylic acids is 1. The highest BCUT2D eigenvalue weighted by atomic mass is 35.5. The molecule has 1 fully saturated rings. The molecule has 0 aliphatic heterocycles. The first kappa shape index (κ1) is 23.3. The minimum absolute atomic E-state index is 0. The summed E-state index contributed by atoms with van der Waals surface area (Å²) in [6.45, 7) is 1.48. The molecule has 0 spiro atoms. The van der Waals surface area contributed by atoms with E-state index in [-0.39, 0.29) is 24.1 Å². The van der Waals surface area contributed by atoms with Gasteiger partial charge in [0.15, 0.2) is 0 Å². The number of aryl methyl sites for hydroxylation is 1. The van der Waals surface area contributed by atoms with Crippen molar-refractivity contribution in [2.45, 2.75) is 63.8 Å². The molecule has 2 aromatic rings. The number of carbonyl (C=O) groups is 1. The van der Waals surface area contributed by atoms with Crippen LogP contribution in [0.3, 0.4) is 0 Å². The summed E-state index contributed by atoms with van der Waals surface area (Å²) in [6.07, 6.45) is 9.43. The van der Waals surface area contributed by atoms with Crippen LogP contribution in [0.15, 0.2) is 28.8 Å². The number of hydrogen-bond donors (Lipinski definition) is 2. The Morgan fingerprint density at radius 1 is 1.10 bits per heavy atom. The number of rotatable bonds is 9. The topological polar surface area (TPSA) is 80.0 Å². The SMILES string of the molecule is Cl.O=C(CCCc1nc(-c2ccc(F)cc2)no1)NCCNC1CCCCCC1. The molecule has 1 heterocycles. The Bertz CT molecular complexity index is 731. The smallest absolute Gasteiger partial charge is 0.226 e. The van der Waals surface area contributed by atoms with Crippen LogP contribution in [0.5, 0.6) is 0 Å². The van der Waals surface area contributed by atoms with E-state index in [2.05, 4.69) is 20.8 Å². The average Bonchev–Trinajstić information content (AvgIpc) is 3.01. The van der Waals surface area contributed by atoms with E-state index in [0.717, 1.165) is 6.54 Å². The van der Waals surface area contributed by atoms with E-state index in [1.54, 1.807) is 12.1 Å². The molecule has 0 radical (unpaired) electrons. The molecule has 0 unspecified atom stereocenters. The summed E-state index contributed by atoms with van der Waals surface area (Å²) in [4.78, 5) is 16.3. The lowest BCUT2D eigenvalue weighted by Crippen LogP contribution is -2.36. The highest BCUT2D eigenvalue weighted by Crippen LogP contribution is 2.17. The van der Waals surface area contributed by atoms with Gasteiger partial charge < -0.3 is 15.2 Å². The number of nitrogens with one attached hydrogen (secondary N) is 2. The van der Waals surface area contributed by atoms with Gasteiger partial charge in [0.05, 0.1) is 0 Å². The molecular formula is C21H30ClFN4O2. The van der Waals surface area contributed by atoms with E-state index >= 15 is 0 Å². The molecule has 1 aliphatic rings. The number of hydrogen-bond acceptors (Lipinski definition) is 5. The van der Waals surface area contributed by atoms with Crippen molar-refractivity contribution in [3.63, 3.8) is 0 Å². The van der Waals surface area contributed by atoms with Crippen LogP contribution < -0.4 is 10.6 Å². The number of benzene rings is 1. The largest absolute Gasteiger partial charge is 0.355 e. The molecule has 0 saturated heterocycles. The Morgan fingerprint density at radius 3 is 2.55 bits per heavy atom. The third kappa shape index (κ3) is 8.11. The lowest BCUT2D eigenvalue weighted by Gasteiger charge is -2.16. The van der Waals surface area contributed by atoms with Gasteiger partial charge in [-0.2, -0.15) is 4.98 Å². The van der Waals surface area contributed by atoms with Crippen LogP contribution in [-0.2, 0) is 11.2 Å². The zero-order chi connectivity index (χ0) is 19.6. The average molecular weight is 425 g/mol. The van der Waals surface area contributed by atoms with Gasteiger partial charge in [0.2, 0.25) is 17.6 Å². The predicted octanol–water partition coefficient (Wildman–Crippen LogP) is 4.05. The van der Waals surface area contributed by atoms with Crippen LogP contribution in [0, 0.1) is 5.82 Å². The molecular weight excluding hydrogens is 395 g/mol. The van der Waals surface area contributed by atoms with E-state index in [1.807, 2.05) is 0 Å². The highest BCUT2D eigenvalue weighted by Gasteiger charge is 2.12. The molecule has 1 saturated carbocycles. The van der Waals surface area contributed by atoms with Crippen LogP contribution in [0.25, 0.3) is 11.4 Å². The third-order valence-corrected chi connectivity index (χ3v) is 5.10. The van der Waals surface area contributed by atoms with Gasteiger partial charge in [-0.05, 0) is 43.5 Å². The Kier molecular flexibility index (Phi) is 10.1. The van der Waals surface area contributed by atoms with E-state index < -0.39 is 0 Å². The van der Waals surface area contributed by atoms with Crippen molar-refractivity contribution in [2.75, 3.05) is 13.1 Å². The number of amides is 1. The fourth-order valence-electron chi connectivity index (χ4n) is 3.52. The molecule has 1 amide bonds. The van der Waals surface area contributed by atoms with Crippen molar-refractivity contribution in [3.05, 3.63) is 36.0 Å². The Balaban J connectivity index is 0.00000300. The minimum Gasteiger partial charge on any atom is -0.355 e. The molecule has 160 valence electrons. The molecule has 1 aromatic heterocycles. The van der Waals surface area contributed by atoms with Crippen LogP contribution >= 0.6 is 12.4 Å². The molecule has 2 N–H and O–H groups in total. The fraction of sp³-hybridized carbons (Fsp3) is 0.571. The lowest BCUT2D eigenvalue weighted by atomic mass is 10.1. The fourth-order valence-corrected chi connectivity index (χ4v) is 3.52. The van der Waals surface area contributed by atoms with Crippen LogP contribution in [0.4, 0.5) is 4.39 Å². The summed E-state index contributed by atoms with van der Waals surface area (Å²) >= 11 is 0. The van der Waals surface area contributed by atoms with Crippen molar-refractivity contribution in [1.29, 1.82) is 0 Å². The van der Waals surface area contributed by atoms with Gasteiger partial charge in [0.1, 0.15) is 5.82 Å². The van der Waals surface area contributed by atoms with Gasteiger partial charge in [-0.3, -0.25) is 4.79 Å². The van der Waals surface area contributed by atoms with Crippen LogP contribution in [0.1, 0.15) is 57.3 Å². The van der Waals surface area contributed by atoms with Crippen molar-refractivity contribution < 1.29 is 13.7 Å². The van der Waals surface area contributed by atoms with Gasteiger partial charge in [-0.15, -0.1) is 12.4 Å². The first-order chi connectivity index (χ1) is 13.7. The van der Waals surface area contributed by atoms with Gasteiger partial charge in [0.25, 0.3) is 0 Å². The second kappa shape index (κ2) is 12.5. The molecule has 1 aromatic carbocycles. The molecule has 8 heteroatoms. The minimum atomic E-state index is -0.303.